The van der Waals surface area contributed by atoms with Crippen molar-refractivity contribution in [3.8, 4) is 0 Å². The lowest BCUT2D eigenvalue weighted by Crippen LogP contribution is -2.31. The standard InChI is InChI=1S/C11H22N4/c1-4-15(5-2)7-6-12-8-11-10(3)13-9-14-11/h9,12H,4-8H2,1-3H3,(H,13,14). The summed E-state index contributed by atoms with van der Waals surface area (Å²) in [5.74, 6) is 0. The molecule has 1 aromatic heterocycles. The zero-order chi connectivity index (χ0) is 11.1. The molecule has 0 aliphatic rings. The Morgan fingerprint density at radius 2 is 2.13 bits per heavy atom. The summed E-state index contributed by atoms with van der Waals surface area (Å²) in [5, 5.41) is 3.40. The first-order valence-corrected chi connectivity index (χ1v) is 5.69. The van der Waals surface area contributed by atoms with Crippen molar-refractivity contribution in [1.82, 2.24) is 20.2 Å². The third kappa shape index (κ3) is 4.01. The zero-order valence-corrected chi connectivity index (χ0v) is 10.0. The van der Waals surface area contributed by atoms with Gasteiger partial charge >= 0.3 is 0 Å². The number of nitrogens with zero attached hydrogens (tertiary/aromatic N) is 2. The van der Waals surface area contributed by atoms with Crippen LogP contribution in [0.1, 0.15) is 25.2 Å². The molecule has 1 heterocycles. The predicted molar refractivity (Wildman–Crippen MR) is 62.8 cm³/mol. The van der Waals surface area contributed by atoms with Crippen molar-refractivity contribution in [3.05, 3.63) is 17.7 Å². The molecule has 2 N–H and O–H groups in total. The summed E-state index contributed by atoms with van der Waals surface area (Å²) in [6.45, 7) is 11.7. The molecule has 0 aromatic carbocycles. The van der Waals surface area contributed by atoms with E-state index in [1.165, 1.54) is 0 Å². The fourth-order valence-corrected chi connectivity index (χ4v) is 1.55. The molecule has 86 valence electrons. The molecule has 0 radical (unpaired) electrons. The van der Waals surface area contributed by atoms with Crippen molar-refractivity contribution >= 4 is 0 Å². The normalized spacial score (nSPS) is 11.2. The summed E-state index contributed by atoms with van der Waals surface area (Å²) >= 11 is 0. The van der Waals surface area contributed by atoms with Gasteiger partial charge in [0.2, 0.25) is 0 Å². The Labute approximate surface area is 92.1 Å². The van der Waals surface area contributed by atoms with Gasteiger partial charge in [0.05, 0.1) is 12.0 Å². The summed E-state index contributed by atoms with van der Waals surface area (Å²) in [6, 6.07) is 0. The molecule has 1 rings (SSSR count). The third-order valence-corrected chi connectivity index (χ3v) is 2.73. The number of nitrogens with one attached hydrogen (secondary N) is 2. The number of hydrogen-bond acceptors (Lipinski definition) is 3. The van der Waals surface area contributed by atoms with Crippen molar-refractivity contribution < 1.29 is 0 Å². The Balaban J connectivity index is 2.14. The van der Waals surface area contributed by atoms with Crippen LogP contribution in [0.4, 0.5) is 0 Å². The van der Waals surface area contributed by atoms with Crippen molar-refractivity contribution in [1.29, 1.82) is 0 Å². The predicted octanol–water partition coefficient (Wildman–Crippen LogP) is 1.15. The molecule has 0 bridgehead atoms. The lowest BCUT2D eigenvalue weighted by atomic mass is 10.3. The molecule has 15 heavy (non-hydrogen) atoms. The number of likely N-dealkylation sites (N-methyl/N-ethyl adjacent to an activating group) is 1. The number of hydrogen-bond donors (Lipinski definition) is 2. The summed E-state index contributed by atoms with van der Waals surface area (Å²) in [5.41, 5.74) is 2.28. The van der Waals surface area contributed by atoms with Crippen molar-refractivity contribution in [2.24, 2.45) is 0 Å². The van der Waals surface area contributed by atoms with Crippen molar-refractivity contribution in [2.75, 3.05) is 26.2 Å². The molecule has 0 saturated carbocycles. The van der Waals surface area contributed by atoms with Crippen molar-refractivity contribution in [3.63, 3.8) is 0 Å². The minimum Gasteiger partial charge on any atom is -0.348 e. The fourth-order valence-electron chi connectivity index (χ4n) is 1.55. The van der Waals surface area contributed by atoms with Crippen LogP contribution in [0.5, 0.6) is 0 Å². The summed E-state index contributed by atoms with van der Waals surface area (Å²) in [6.07, 6.45) is 1.75. The van der Waals surface area contributed by atoms with E-state index in [4.69, 9.17) is 0 Å². The van der Waals surface area contributed by atoms with Crippen LogP contribution in [0.3, 0.4) is 0 Å². The van der Waals surface area contributed by atoms with Gasteiger partial charge in [0.25, 0.3) is 0 Å². The number of aromatic nitrogens is 2. The second kappa shape index (κ2) is 6.58. The van der Waals surface area contributed by atoms with E-state index >= 15 is 0 Å². The van der Waals surface area contributed by atoms with Crippen LogP contribution < -0.4 is 5.32 Å². The van der Waals surface area contributed by atoms with E-state index in [1.807, 2.05) is 0 Å². The molecule has 0 unspecified atom stereocenters. The van der Waals surface area contributed by atoms with Crippen molar-refractivity contribution in [2.45, 2.75) is 27.3 Å². The molecule has 0 spiro atoms. The minimum atomic E-state index is 0.858. The number of aromatic amines is 1. The van der Waals surface area contributed by atoms with Gasteiger partial charge in [-0.1, -0.05) is 13.8 Å². The van der Waals surface area contributed by atoms with Crippen LogP contribution >= 0.6 is 0 Å². The first kappa shape index (κ1) is 12.2. The second-order valence-corrected chi connectivity index (χ2v) is 3.68. The van der Waals surface area contributed by atoms with E-state index in [2.05, 4.69) is 41.0 Å². The number of rotatable bonds is 7. The number of H-pyrrole nitrogens is 1. The van der Waals surface area contributed by atoms with Gasteiger partial charge < -0.3 is 15.2 Å². The van der Waals surface area contributed by atoms with Crippen LogP contribution in [0.15, 0.2) is 6.33 Å². The molecule has 4 heteroatoms. The highest BCUT2D eigenvalue weighted by Gasteiger charge is 2.01. The molecule has 0 aliphatic carbocycles. The molecule has 0 atom stereocenters. The van der Waals surface area contributed by atoms with Crippen LogP contribution in [0.2, 0.25) is 0 Å². The molecular formula is C11H22N4. The van der Waals surface area contributed by atoms with E-state index in [0.717, 1.165) is 44.1 Å². The van der Waals surface area contributed by atoms with E-state index in [1.54, 1.807) is 6.33 Å². The van der Waals surface area contributed by atoms with Crippen LogP contribution in [0.25, 0.3) is 0 Å². The smallest absolute Gasteiger partial charge is 0.0925 e. The van der Waals surface area contributed by atoms with E-state index in [-0.39, 0.29) is 0 Å². The third-order valence-electron chi connectivity index (χ3n) is 2.73. The monoisotopic (exact) mass is 210 g/mol. The first-order chi connectivity index (χ1) is 7.27. The lowest BCUT2D eigenvalue weighted by molar-refractivity contribution is 0.302. The molecule has 4 nitrogen and oxygen atoms in total. The maximum absolute atomic E-state index is 4.24. The van der Waals surface area contributed by atoms with Gasteiger partial charge in [0.1, 0.15) is 0 Å². The number of aryl methyl sites for hydroxylation is 1. The summed E-state index contributed by atoms with van der Waals surface area (Å²) < 4.78 is 0. The van der Waals surface area contributed by atoms with Gasteiger partial charge in [-0.25, -0.2) is 4.98 Å². The Hall–Kier alpha value is -0.870. The number of imidazole rings is 1. The van der Waals surface area contributed by atoms with Crippen LogP contribution in [-0.4, -0.2) is 41.0 Å². The Bertz CT molecular complexity index is 265. The molecular weight excluding hydrogens is 188 g/mol. The van der Waals surface area contributed by atoms with E-state index in [0.29, 0.717) is 0 Å². The largest absolute Gasteiger partial charge is 0.348 e. The Morgan fingerprint density at radius 1 is 1.40 bits per heavy atom. The van der Waals surface area contributed by atoms with Crippen LogP contribution in [0, 0.1) is 6.92 Å². The maximum Gasteiger partial charge on any atom is 0.0925 e. The van der Waals surface area contributed by atoms with Gasteiger partial charge in [-0.05, 0) is 20.0 Å². The highest BCUT2D eigenvalue weighted by molar-refractivity contribution is 5.07. The van der Waals surface area contributed by atoms with Crippen LogP contribution in [-0.2, 0) is 6.54 Å². The van der Waals surface area contributed by atoms with Gasteiger partial charge in [-0.3, -0.25) is 0 Å². The molecule has 0 fully saturated rings. The highest BCUT2D eigenvalue weighted by Crippen LogP contribution is 1.98. The average molecular weight is 210 g/mol. The average Bonchev–Trinajstić information content (AvgIpc) is 2.65. The minimum absolute atomic E-state index is 0.858. The molecule has 1 aromatic rings. The molecule has 0 saturated heterocycles. The fraction of sp³-hybridized carbons (Fsp3) is 0.727. The molecule has 0 aliphatic heterocycles. The summed E-state index contributed by atoms with van der Waals surface area (Å²) in [7, 11) is 0. The van der Waals surface area contributed by atoms with E-state index in [9.17, 15) is 0 Å². The summed E-state index contributed by atoms with van der Waals surface area (Å²) in [4.78, 5) is 9.73. The van der Waals surface area contributed by atoms with Gasteiger partial charge in [0.15, 0.2) is 0 Å². The second-order valence-electron chi connectivity index (χ2n) is 3.68. The first-order valence-electron chi connectivity index (χ1n) is 5.69. The van der Waals surface area contributed by atoms with Gasteiger partial charge in [-0.15, -0.1) is 0 Å². The Kier molecular flexibility index (Phi) is 5.36. The van der Waals surface area contributed by atoms with Gasteiger partial charge in [0, 0.05) is 25.3 Å². The Morgan fingerprint density at radius 3 is 2.67 bits per heavy atom. The van der Waals surface area contributed by atoms with Gasteiger partial charge in [-0.2, -0.15) is 0 Å². The quantitative estimate of drug-likeness (QED) is 0.664. The maximum atomic E-state index is 4.24. The molecule has 0 amide bonds. The highest BCUT2D eigenvalue weighted by atomic mass is 15.1. The lowest BCUT2D eigenvalue weighted by Gasteiger charge is -2.17. The van der Waals surface area contributed by atoms with E-state index < -0.39 is 0 Å². The zero-order valence-electron chi connectivity index (χ0n) is 10.0. The SMILES string of the molecule is CCN(CC)CCNCc1nc[nH]c1C. The topological polar surface area (TPSA) is 44.0 Å².